The third-order valence-corrected chi connectivity index (χ3v) is 9.08. The van der Waals surface area contributed by atoms with Crippen LogP contribution in [0.2, 0.25) is 0 Å². The van der Waals surface area contributed by atoms with Gasteiger partial charge in [0, 0.05) is 57.5 Å². The summed E-state index contributed by atoms with van der Waals surface area (Å²) in [5.41, 5.74) is 1.69. The summed E-state index contributed by atoms with van der Waals surface area (Å²) >= 11 is 0. The first-order chi connectivity index (χ1) is 21.0. The molecule has 7 rings (SSSR count). The number of unbranched alkanes of at least 4 members (excludes halogenated alkanes) is 2. The monoisotopic (exact) mass is 590 g/mol. The summed E-state index contributed by atoms with van der Waals surface area (Å²) in [5, 5.41) is 5.64. The highest BCUT2D eigenvalue weighted by Gasteiger charge is 2.37. The zero-order valence-corrected chi connectivity index (χ0v) is 25.8. The molecule has 0 fully saturated rings. The number of hydrogen-bond donors (Lipinski definition) is 0. The molecule has 0 aliphatic carbocycles. The number of carbonyl (C=O) groups excluding carboxylic acids is 4. The normalized spacial score (nSPS) is 15.6. The van der Waals surface area contributed by atoms with Gasteiger partial charge in [-0.3, -0.25) is 29.0 Å². The zero-order valence-electron chi connectivity index (χ0n) is 25.8. The Morgan fingerprint density at radius 3 is 1.50 bits per heavy atom. The minimum Gasteiger partial charge on any atom is -0.490 e. The van der Waals surface area contributed by atoms with Crippen molar-refractivity contribution in [3.8, 4) is 11.5 Å². The molecule has 2 heterocycles. The van der Waals surface area contributed by atoms with Crippen molar-refractivity contribution in [1.82, 2.24) is 9.80 Å². The second kappa shape index (κ2) is 9.91. The van der Waals surface area contributed by atoms with Crippen molar-refractivity contribution in [1.29, 1.82) is 0 Å². The molecule has 0 saturated carbocycles. The second-order valence-electron chi connectivity index (χ2n) is 12.3. The van der Waals surface area contributed by atoms with Gasteiger partial charge in [0.25, 0.3) is 23.6 Å². The van der Waals surface area contributed by atoms with Crippen LogP contribution in [0.15, 0.2) is 36.4 Å². The first kappa shape index (κ1) is 28.1. The van der Waals surface area contributed by atoms with Crippen LogP contribution in [-0.2, 0) is 0 Å². The molecule has 5 aromatic rings. The molecular weight excluding hydrogens is 556 g/mol. The lowest BCUT2D eigenvalue weighted by Crippen LogP contribution is -2.37. The Labute approximate surface area is 254 Å². The van der Waals surface area contributed by atoms with E-state index in [9.17, 15) is 19.2 Å². The maximum Gasteiger partial charge on any atom is 0.261 e. The molecule has 0 N–H and O–H groups in total. The van der Waals surface area contributed by atoms with E-state index in [1.54, 1.807) is 24.3 Å². The van der Waals surface area contributed by atoms with Gasteiger partial charge < -0.3 is 9.47 Å². The van der Waals surface area contributed by atoms with Crippen molar-refractivity contribution in [2.75, 3.05) is 14.1 Å². The molecule has 4 amide bonds. The first-order valence-corrected chi connectivity index (χ1v) is 15.3. The summed E-state index contributed by atoms with van der Waals surface area (Å²) in [6.07, 6.45) is 3.63. The minimum atomic E-state index is -0.392. The molecule has 44 heavy (non-hydrogen) atoms. The molecule has 2 aliphatic heterocycles. The number of amides is 4. The Morgan fingerprint density at radius 1 is 0.591 bits per heavy atom. The second-order valence-corrected chi connectivity index (χ2v) is 12.3. The fraction of sp³-hybridized carbons (Fsp3) is 0.333. The fourth-order valence-electron chi connectivity index (χ4n) is 7.02. The fourth-order valence-corrected chi connectivity index (χ4v) is 7.02. The number of nitrogens with zero attached hydrogens (tertiary/aromatic N) is 2. The number of carbonyl (C=O) groups is 4. The van der Waals surface area contributed by atoms with Gasteiger partial charge in [0.15, 0.2) is 0 Å². The van der Waals surface area contributed by atoms with Crippen molar-refractivity contribution in [2.45, 2.75) is 65.6 Å². The Balaban J connectivity index is 1.70. The van der Waals surface area contributed by atoms with E-state index >= 15 is 0 Å². The molecule has 1 atom stereocenters. The molecule has 8 heteroatoms. The van der Waals surface area contributed by atoms with E-state index in [-0.39, 0.29) is 29.9 Å². The number of imide groups is 2. The van der Waals surface area contributed by atoms with E-state index < -0.39 is 5.91 Å². The molecule has 0 saturated heterocycles. The van der Waals surface area contributed by atoms with Crippen LogP contribution >= 0.6 is 0 Å². The average molecular weight is 591 g/mol. The lowest BCUT2D eigenvalue weighted by Gasteiger charge is -2.30. The number of fused-ring (bicyclic) bond motifs is 2. The van der Waals surface area contributed by atoms with Crippen LogP contribution in [0.3, 0.4) is 0 Å². The predicted octanol–water partition coefficient (Wildman–Crippen LogP) is 7.32. The number of benzene rings is 5. The molecular formula is C36H34N2O6. The zero-order chi connectivity index (χ0) is 31.2. The Hall–Kier alpha value is -4.72. The number of hydrogen-bond acceptors (Lipinski definition) is 6. The van der Waals surface area contributed by atoms with Crippen LogP contribution in [0.4, 0.5) is 0 Å². The Bertz CT molecular complexity index is 2090. The highest BCUT2D eigenvalue weighted by atomic mass is 16.5. The van der Waals surface area contributed by atoms with Crippen molar-refractivity contribution < 1.29 is 28.7 Å². The summed E-state index contributed by atoms with van der Waals surface area (Å²) in [4.78, 5) is 56.2. The third kappa shape index (κ3) is 3.76. The van der Waals surface area contributed by atoms with E-state index in [1.165, 1.54) is 14.1 Å². The average Bonchev–Trinajstić information content (AvgIpc) is 3.00. The molecule has 5 aromatic carbocycles. The van der Waals surface area contributed by atoms with Gasteiger partial charge in [-0.15, -0.1) is 0 Å². The highest BCUT2D eigenvalue weighted by Crippen LogP contribution is 2.52. The maximum absolute atomic E-state index is 13.6. The van der Waals surface area contributed by atoms with E-state index in [0.29, 0.717) is 55.3 Å². The highest BCUT2D eigenvalue weighted by molar-refractivity contribution is 6.43. The molecule has 2 aliphatic rings. The summed E-state index contributed by atoms with van der Waals surface area (Å²) in [6.45, 7) is 8.02. The predicted molar refractivity (Wildman–Crippen MR) is 170 cm³/mol. The van der Waals surface area contributed by atoms with E-state index in [1.807, 2.05) is 32.9 Å². The van der Waals surface area contributed by atoms with Crippen LogP contribution in [-0.4, -0.2) is 59.7 Å². The summed E-state index contributed by atoms with van der Waals surface area (Å²) < 4.78 is 13.2. The smallest absolute Gasteiger partial charge is 0.261 e. The van der Waals surface area contributed by atoms with E-state index in [0.717, 1.165) is 57.0 Å². The van der Waals surface area contributed by atoms with Gasteiger partial charge in [0.1, 0.15) is 11.5 Å². The Kier molecular flexibility index (Phi) is 6.32. The van der Waals surface area contributed by atoms with Crippen molar-refractivity contribution in [2.24, 2.45) is 0 Å². The molecule has 0 aromatic heterocycles. The van der Waals surface area contributed by atoms with Gasteiger partial charge in [-0.05, 0) is 68.7 Å². The standard InChI is InChI=1S/C36H34N2O6/c1-7-8-9-10-18(4)44-26-16-24-28-22(34(40)38(6)36(24)42)14-12-20-19-11-13-21-27-23(35(41)37(5)33(21)39)15-25(43-17(2)3)31(29(19)27)32(26)30(20)28/h11-18H,7-10H2,1-6H3. The minimum absolute atomic E-state index is 0.153. The summed E-state index contributed by atoms with van der Waals surface area (Å²) in [6, 6.07) is 10.8. The lowest BCUT2D eigenvalue weighted by atomic mass is 9.81. The van der Waals surface area contributed by atoms with Gasteiger partial charge in [-0.2, -0.15) is 0 Å². The van der Waals surface area contributed by atoms with Crippen molar-refractivity contribution >= 4 is 66.7 Å². The molecule has 0 spiro atoms. The molecule has 0 bridgehead atoms. The van der Waals surface area contributed by atoms with Gasteiger partial charge >= 0.3 is 0 Å². The topological polar surface area (TPSA) is 93.2 Å². The van der Waals surface area contributed by atoms with Crippen molar-refractivity contribution in [3.05, 3.63) is 58.7 Å². The van der Waals surface area contributed by atoms with Crippen molar-refractivity contribution in [3.63, 3.8) is 0 Å². The van der Waals surface area contributed by atoms with E-state index in [2.05, 4.69) is 6.92 Å². The van der Waals surface area contributed by atoms with Crippen LogP contribution in [0.5, 0.6) is 11.5 Å². The quantitative estimate of drug-likeness (QED) is 0.0814. The molecule has 224 valence electrons. The van der Waals surface area contributed by atoms with Gasteiger partial charge in [0.2, 0.25) is 0 Å². The largest absolute Gasteiger partial charge is 0.490 e. The van der Waals surface area contributed by atoms with Crippen LogP contribution in [0.1, 0.15) is 94.8 Å². The first-order valence-electron chi connectivity index (χ1n) is 15.3. The van der Waals surface area contributed by atoms with Gasteiger partial charge in [-0.25, -0.2) is 0 Å². The summed E-state index contributed by atoms with van der Waals surface area (Å²) in [5.74, 6) is -0.516. The molecule has 8 nitrogen and oxygen atoms in total. The molecule has 1 unspecified atom stereocenters. The number of ether oxygens (including phenoxy) is 2. The Morgan fingerprint density at radius 2 is 1.05 bits per heavy atom. The van der Waals surface area contributed by atoms with Gasteiger partial charge in [-0.1, -0.05) is 31.9 Å². The van der Waals surface area contributed by atoms with Crippen LogP contribution in [0, 0.1) is 0 Å². The van der Waals surface area contributed by atoms with Gasteiger partial charge in [0.05, 0.1) is 23.3 Å². The number of rotatable bonds is 8. The maximum atomic E-state index is 13.6. The SMILES string of the molecule is CCCCCC(C)Oc1cc2c3c(ccc4c5ccc6c7c(cc(OC(C)C)c(c1c34)c75)C(=O)N(C)C6=O)C(=O)N(C)C2=O. The van der Waals surface area contributed by atoms with Crippen LogP contribution < -0.4 is 9.47 Å². The van der Waals surface area contributed by atoms with E-state index in [4.69, 9.17) is 9.47 Å². The lowest BCUT2D eigenvalue weighted by molar-refractivity contribution is 0.0635. The summed E-state index contributed by atoms with van der Waals surface area (Å²) in [7, 11) is 2.99. The van der Waals surface area contributed by atoms with Crippen LogP contribution in [0.25, 0.3) is 43.1 Å². The molecule has 0 radical (unpaired) electrons. The third-order valence-electron chi connectivity index (χ3n) is 9.08.